The fraction of sp³-hybridized carbons (Fsp3) is 0.647. The molecule has 1 aromatic rings. The van der Waals surface area contributed by atoms with Crippen LogP contribution in [0.4, 0.5) is 0 Å². The molecule has 106 valence electrons. The molecular formula is C17H27NO. The van der Waals surface area contributed by atoms with Gasteiger partial charge in [-0.15, -0.1) is 0 Å². The summed E-state index contributed by atoms with van der Waals surface area (Å²) >= 11 is 0. The fourth-order valence-corrected chi connectivity index (χ4v) is 2.20. The van der Waals surface area contributed by atoms with Crippen molar-refractivity contribution in [3.05, 3.63) is 29.3 Å². The van der Waals surface area contributed by atoms with Crippen LogP contribution in [-0.2, 0) is 5.41 Å². The molecule has 1 saturated carbocycles. The van der Waals surface area contributed by atoms with Crippen LogP contribution >= 0.6 is 0 Å². The lowest BCUT2D eigenvalue weighted by molar-refractivity contribution is 0.300. The molecule has 0 atom stereocenters. The van der Waals surface area contributed by atoms with Crippen LogP contribution in [0.1, 0.15) is 51.2 Å². The molecule has 2 nitrogen and oxygen atoms in total. The molecule has 0 aliphatic heterocycles. The van der Waals surface area contributed by atoms with Gasteiger partial charge in [-0.1, -0.05) is 38.5 Å². The van der Waals surface area contributed by atoms with Crippen molar-refractivity contribution in [1.82, 2.24) is 5.32 Å². The molecule has 0 saturated heterocycles. The van der Waals surface area contributed by atoms with Crippen molar-refractivity contribution in [2.45, 2.75) is 58.4 Å². The van der Waals surface area contributed by atoms with Crippen molar-refractivity contribution in [3.8, 4) is 5.75 Å². The maximum atomic E-state index is 5.98. The molecule has 0 amide bonds. The summed E-state index contributed by atoms with van der Waals surface area (Å²) in [7, 11) is 0. The second-order valence-electron chi connectivity index (χ2n) is 6.68. The summed E-state index contributed by atoms with van der Waals surface area (Å²) in [5, 5.41) is 3.52. The molecule has 1 N–H and O–H groups in total. The molecular weight excluding hydrogens is 234 g/mol. The van der Waals surface area contributed by atoms with Gasteiger partial charge in [0.15, 0.2) is 0 Å². The number of aryl methyl sites for hydroxylation is 1. The van der Waals surface area contributed by atoms with Crippen LogP contribution in [0.15, 0.2) is 18.2 Å². The average Bonchev–Trinajstić information content (AvgIpc) is 3.13. The normalized spacial score (nSPS) is 15.6. The van der Waals surface area contributed by atoms with Gasteiger partial charge in [-0.3, -0.25) is 0 Å². The van der Waals surface area contributed by atoms with E-state index >= 15 is 0 Å². The first-order chi connectivity index (χ1) is 8.97. The summed E-state index contributed by atoms with van der Waals surface area (Å²) in [4.78, 5) is 0. The first-order valence-corrected chi connectivity index (χ1v) is 7.44. The number of nitrogens with one attached hydrogen (secondary N) is 1. The zero-order valence-electron chi connectivity index (χ0n) is 12.8. The molecule has 2 rings (SSSR count). The van der Waals surface area contributed by atoms with Gasteiger partial charge in [0.05, 0.1) is 6.61 Å². The van der Waals surface area contributed by atoms with E-state index in [4.69, 9.17) is 4.74 Å². The molecule has 0 unspecified atom stereocenters. The standard InChI is InChI=1S/C17H27NO/c1-13-6-9-16(15(12-13)17(2,3)4)19-11-5-10-18-14-7-8-14/h6,9,12,14,18H,5,7-8,10-11H2,1-4H3. The zero-order valence-corrected chi connectivity index (χ0v) is 12.8. The van der Waals surface area contributed by atoms with E-state index in [1.54, 1.807) is 0 Å². The SMILES string of the molecule is Cc1ccc(OCCCNC2CC2)c(C(C)(C)C)c1. The molecule has 2 heteroatoms. The highest BCUT2D eigenvalue weighted by molar-refractivity contribution is 5.41. The van der Waals surface area contributed by atoms with E-state index in [2.05, 4.69) is 51.2 Å². The maximum absolute atomic E-state index is 5.98. The smallest absolute Gasteiger partial charge is 0.123 e. The Morgan fingerprint density at radius 1 is 1.26 bits per heavy atom. The van der Waals surface area contributed by atoms with Gasteiger partial charge < -0.3 is 10.1 Å². The van der Waals surface area contributed by atoms with Crippen LogP contribution < -0.4 is 10.1 Å². The van der Waals surface area contributed by atoms with Crippen LogP contribution in [0.3, 0.4) is 0 Å². The molecule has 1 aromatic carbocycles. The number of ether oxygens (including phenoxy) is 1. The van der Waals surface area contributed by atoms with Gasteiger partial charge >= 0.3 is 0 Å². The Bertz CT molecular complexity index is 416. The van der Waals surface area contributed by atoms with Crippen molar-refractivity contribution >= 4 is 0 Å². The van der Waals surface area contributed by atoms with E-state index in [-0.39, 0.29) is 5.41 Å². The van der Waals surface area contributed by atoms with Crippen LogP contribution in [0.5, 0.6) is 5.75 Å². The van der Waals surface area contributed by atoms with E-state index in [0.29, 0.717) is 0 Å². The summed E-state index contributed by atoms with van der Waals surface area (Å²) < 4.78 is 5.98. The first-order valence-electron chi connectivity index (χ1n) is 7.44. The Balaban J connectivity index is 1.87. The zero-order chi connectivity index (χ0) is 13.9. The summed E-state index contributed by atoms with van der Waals surface area (Å²) in [6.07, 6.45) is 3.79. The first kappa shape index (κ1) is 14.4. The van der Waals surface area contributed by atoms with Crippen molar-refractivity contribution < 1.29 is 4.74 Å². The Morgan fingerprint density at radius 2 is 2.00 bits per heavy atom. The minimum atomic E-state index is 0.133. The van der Waals surface area contributed by atoms with E-state index in [1.165, 1.54) is 24.0 Å². The third-order valence-electron chi connectivity index (χ3n) is 3.53. The Morgan fingerprint density at radius 3 is 2.63 bits per heavy atom. The number of hydrogen-bond acceptors (Lipinski definition) is 2. The predicted molar refractivity (Wildman–Crippen MR) is 81.0 cm³/mol. The third-order valence-corrected chi connectivity index (χ3v) is 3.53. The second kappa shape index (κ2) is 5.96. The van der Waals surface area contributed by atoms with Crippen molar-refractivity contribution in [1.29, 1.82) is 0 Å². The van der Waals surface area contributed by atoms with Gasteiger partial charge in [-0.05, 0) is 49.8 Å². The van der Waals surface area contributed by atoms with Gasteiger partial charge in [0.2, 0.25) is 0 Å². The maximum Gasteiger partial charge on any atom is 0.123 e. The van der Waals surface area contributed by atoms with Gasteiger partial charge in [-0.2, -0.15) is 0 Å². The summed E-state index contributed by atoms with van der Waals surface area (Å²) in [5.41, 5.74) is 2.74. The van der Waals surface area contributed by atoms with Crippen molar-refractivity contribution in [3.63, 3.8) is 0 Å². The Hall–Kier alpha value is -1.02. The van der Waals surface area contributed by atoms with Crippen LogP contribution in [0, 0.1) is 6.92 Å². The molecule has 0 heterocycles. The van der Waals surface area contributed by atoms with E-state index in [9.17, 15) is 0 Å². The fourth-order valence-electron chi connectivity index (χ4n) is 2.20. The number of benzene rings is 1. The highest BCUT2D eigenvalue weighted by Gasteiger charge is 2.20. The molecule has 1 fully saturated rings. The highest BCUT2D eigenvalue weighted by Crippen LogP contribution is 2.32. The van der Waals surface area contributed by atoms with E-state index in [0.717, 1.165) is 31.4 Å². The molecule has 1 aliphatic rings. The van der Waals surface area contributed by atoms with Crippen LogP contribution in [0.25, 0.3) is 0 Å². The van der Waals surface area contributed by atoms with Crippen LogP contribution in [-0.4, -0.2) is 19.2 Å². The quantitative estimate of drug-likeness (QED) is 0.786. The summed E-state index contributed by atoms with van der Waals surface area (Å²) in [5.74, 6) is 1.05. The molecule has 0 bridgehead atoms. The molecule has 0 radical (unpaired) electrons. The lowest BCUT2D eigenvalue weighted by Gasteiger charge is -2.23. The van der Waals surface area contributed by atoms with E-state index < -0.39 is 0 Å². The number of rotatable bonds is 6. The average molecular weight is 261 g/mol. The Labute approximate surface area is 117 Å². The largest absolute Gasteiger partial charge is 0.493 e. The third kappa shape index (κ3) is 4.54. The lowest BCUT2D eigenvalue weighted by atomic mass is 9.85. The van der Waals surface area contributed by atoms with Crippen molar-refractivity contribution in [2.24, 2.45) is 0 Å². The summed E-state index contributed by atoms with van der Waals surface area (Å²) in [6.45, 7) is 10.7. The lowest BCUT2D eigenvalue weighted by Crippen LogP contribution is -2.20. The van der Waals surface area contributed by atoms with Gasteiger partial charge in [0, 0.05) is 6.04 Å². The molecule has 1 aliphatic carbocycles. The minimum absolute atomic E-state index is 0.133. The monoisotopic (exact) mass is 261 g/mol. The Kier molecular flexibility index (Phi) is 4.51. The molecule has 0 aromatic heterocycles. The highest BCUT2D eigenvalue weighted by atomic mass is 16.5. The number of hydrogen-bond donors (Lipinski definition) is 1. The second-order valence-corrected chi connectivity index (χ2v) is 6.68. The minimum Gasteiger partial charge on any atom is -0.493 e. The molecule has 0 spiro atoms. The van der Waals surface area contributed by atoms with E-state index in [1.807, 2.05) is 0 Å². The summed E-state index contributed by atoms with van der Waals surface area (Å²) in [6, 6.07) is 7.29. The van der Waals surface area contributed by atoms with Crippen molar-refractivity contribution in [2.75, 3.05) is 13.2 Å². The van der Waals surface area contributed by atoms with Gasteiger partial charge in [0.1, 0.15) is 5.75 Å². The molecule has 19 heavy (non-hydrogen) atoms. The van der Waals surface area contributed by atoms with Crippen LogP contribution in [0.2, 0.25) is 0 Å². The van der Waals surface area contributed by atoms with Gasteiger partial charge in [-0.25, -0.2) is 0 Å². The topological polar surface area (TPSA) is 21.3 Å². The predicted octanol–water partition coefficient (Wildman–Crippen LogP) is 3.81. The van der Waals surface area contributed by atoms with Gasteiger partial charge in [0.25, 0.3) is 0 Å².